The second-order valence-corrected chi connectivity index (χ2v) is 5.87. The average molecular weight is 394 g/mol. The lowest BCUT2D eigenvalue weighted by Gasteiger charge is -2.08. The summed E-state index contributed by atoms with van der Waals surface area (Å²) in [5.41, 5.74) is 2.09. The molecule has 0 fully saturated rings. The summed E-state index contributed by atoms with van der Waals surface area (Å²) in [5.74, 6) is -0.00369. The van der Waals surface area contributed by atoms with E-state index in [-0.39, 0.29) is 5.91 Å². The van der Waals surface area contributed by atoms with Gasteiger partial charge < -0.3 is 10.6 Å². The summed E-state index contributed by atoms with van der Waals surface area (Å²) >= 11 is 3.38. The summed E-state index contributed by atoms with van der Waals surface area (Å²) in [6.07, 6.45) is 2.85. The molecule has 0 aliphatic carbocycles. The number of benzene rings is 2. The number of aromatic nitrogens is 2. The fourth-order valence-corrected chi connectivity index (χ4v) is 2.46. The molecule has 1 aromatic heterocycles. The number of amides is 1. The lowest BCUT2D eigenvalue weighted by molar-refractivity contribution is 0.102. The van der Waals surface area contributed by atoms with Crippen LogP contribution in [0.2, 0.25) is 0 Å². The van der Waals surface area contributed by atoms with Crippen LogP contribution in [0.1, 0.15) is 15.9 Å². The molecule has 122 valence electrons. The van der Waals surface area contributed by atoms with Crippen molar-refractivity contribution in [2.75, 3.05) is 10.6 Å². The van der Waals surface area contributed by atoms with Crippen LogP contribution in [0.3, 0.4) is 0 Å². The Kier molecular flexibility index (Phi) is 5.02. The molecule has 2 N–H and O–H groups in total. The van der Waals surface area contributed by atoms with Gasteiger partial charge in [0.2, 0.25) is 5.95 Å². The highest BCUT2D eigenvalue weighted by atomic mass is 79.9. The van der Waals surface area contributed by atoms with Gasteiger partial charge in [-0.25, -0.2) is 9.97 Å². The third kappa shape index (κ3) is 4.00. The zero-order valence-corrected chi connectivity index (χ0v) is 14.5. The number of carbonyl (C=O) groups is 1. The molecule has 0 spiro atoms. The molecule has 6 nitrogen and oxygen atoms in total. The molecule has 1 amide bonds. The topological polar surface area (TPSA) is 90.7 Å². The number of halogens is 1. The number of nitriles is 1. The number of anilines is 3. The zero-order chi connectivity index (χ0) is 17.6. The summed E-state index contributed by atoms with van der Waals surface area (Å²) in [6.45, 7) is 0. The van der Waals surface area contributed by atoms with Crippen molar-refractivity contribution in [2.45, 2.75) is 0 Å². The first-order chi connectivity index (χ1) is 12.2. The van der Waals surface area contributed by atoms with Gasteiger partial charge in [-0.3, -0.25) is 4.79 Å². The average Bonchev–Trinajstić information content (AvgIpc) is 2.64. The lowest BCUT2D eigenvalue weighted by Crippen LogP contribution is -2.13. The number of nitrogens with zero attached hydrogens (tertiary/aromatic N) is 3. The molecule has 0 radical (unpaired) electrons. The SMILES string of the molecule is N#Cc1ccccc1Nc1ncc(C(=O)Nc2ccccc2Br)cn1. The molecule has 7 heteroatoms. The summed E-state index contributed by atoms with van der Waals surface area (Å²) < 4.78 is 0.788. The van der Waals surface area contributed by atoms with Crippen molar-refractivity contribution in [3.63, 3.8) is 0 Å². The minimum atomic E-state index is -0.309. The molecule has 0 saturated carbocycles. The number of nitrogens with one attached hydrogen (secondary N) is 2. The predicted molar refractivity (Wildman–Crippen MR) is 98.6 cm³/mol. The summed E-state index contributed by atoms with van der Waals surface area (Å²) in [5, 5.41) is 14.8. The first kappa shape index (κ1) is 16.6. The van der Waals surface area contributed by atoms with E-state index in [1.165, 1.54) is 12.4 Å². The largest absolute Gasteiger partial charge is 0.323 e. The lowest BCUT2D eigenvalue weighted by atomic mass is 10.2. The highest BCUT2D eigenvalue weighted by Crippen LogP contribution is 2.22. The smallest absolute Gasteiger partial charge is 0.258 e. The van der Waals surface area contributed by atoms with E-state index in [2.05, 4.69) is 42.6 Å². The molecule has 3 aromatic rings. The Balaban J connectivity index is 1.73. The molecule has 0 atom stereocenters. The third-order valence-corrected chi connectivity index (χ3v) is 4.02. The fraction of sp³-hybridized carbons (Fsp3) is 0. The normalized spacial score (nSPS) is 9.92. The van der Waals surface area contributed by atoms with Crippen LogP contribution in [0, 0.1) is 11.3 Å². The zero-order valence-electron chi connectivity index (χ0n) is 12.9. The van der Waals surface area contributed by atoms with E-state index < -0.39 is 0 Å². The maximum absolute atomic E-state index is 12.3. The van der Waals surface area contributed by atoms with Crippen molar-refractivity contribution >= 4 is 39.2 Å². The Bertz CT molecular complexity index is 950. The van der Waals surface area contributed by atoms with Crippen molar-refractivity contribution in [2.24, 2.45) is 0 Å². The molecule has 25 heavy (non-hydrogen) atoms. The Morgan fingerprint density at radius 2 is 1.64 bits per heavy atom. The summed E-state index contributed by atoms with van der Waals surface area (Å²) in [6, 6.07) is 16.5. The molecule has 0 aliphatic heterocycles. The number of carbonyl (C=O) groups excluding carboxylic acids is 1. The van der Waals surface area contributed by atoms with Crippen molar-refractivity contribution in [1.29, 1.82) is 5.26 Å². The quantitative estimate of drug-likeness (QED) is 0.695. The highest BCUT2D eigenvalue weighted by molar-refractivity contribution is 9.10. The monoisotopic (exact) mass is 393 g/mol. The second kappa shape index (κ2) is 7.55. The fourth-order valence-electron chi connectivity index (χ4n) is 2.08. The summed E-state index contributed by atoms with van der Waals surface area (Å²) in [4.78, 5) is 20.5. The van der Waals surface area contributed by atoms with E-state index in [1.54, 1.807) is 24.3 Å². The Labute approximate surface area is 152 Å². The molecular weight excluding hydrogens is 382 g/mol. The van der Waals surface area contributed by atoms with Crippen LogP contribution in [0.5, 0.6) is 0 Å². The van der Waals surface area contributed by atoms with Gasteiger partial charge in [0.1, 0.15) is 6.07 Å². The second-order valence-electron chi connectivity index (χ2n) is 5.01. The maximum Gasteiger partial charge on any atom is 0.258 e. The van der Waals surface area contributed by atoms with Crippen LogP contribution in [0.15, 0.2) is 65.4 Å². The molecule has 2 aromatic carbocycles. The van der Waals surface area contributed by atoms with E-state index in [0.29, 0.717) is 28.5 Å². The van der Waals surface area contributed by atoms with Gasteiger partial charge in [0.15, 0.2) is 0 Å². The number of hydrogen-bond acceptors (Lipinski definition) is 5. The third-order valence-electron chi connectivity index (χ3n) is 3.33. The van der Waals surface area contributed by atoms with Crippen LogP contribution in [-0.4, -0.2) is 15.9 Å². The van der Waals surface area contributed by atoms with E-state index in [4.69, 9.17) is 5.26 Å². The van der Waals surface area contributed by atoms with Crippen LogP contribution in [-0.2, 0) is 0 Å². The molecule has 0 aliphatic rings. The number of rotatable bonds is 4. The van der Waals surface area contributed by atoms with Gasteiger partial charge in [-0.1, -0.05) is 24.3 Å². The minimum absolute atomic E-state index is 0.306. The number of hydrogen-bond donors (Lipinski definition) is 2. The van der Waals surface area contributed by atoms with Gasteiger partial charge in [0, 0.05) is 16.9 Å². The minimum Gasteiger partial charge on any atom is -0.323 e. The van der Waals surface area contributed by atoms with Crippen molar-refractivity contribution < 1.29 is 4.79 Å². The van der Waals surface area contributed by atoms with Crippen LogP contribution in [0.4, 0.5) is 17.3 Å². The van der Waals surface area contributed by atoms with Gasteiger partial charge in [0.05, 0.1) is 22.5 Å². The van der Waals surface area contributed by atoms with Crippen molar-refractivity contribution in [1.82, 2.24) is 9.97 Å². The first-order valence-corrected chi connectivity index (χ1v) is 8.11. The Morgan fingerprint density at radius 1 is 1.00 bits per heavy atom. The highest BCUT2D eigenvalue weighted by Gasteiger charge is 2.10. The predicted octanol–water partition coefficient (Wildman–Crippen LogP) is 4.11. The van der Waals surface area contributed by atoms with Gasteiger partial charge in [-0.15, -0.1) is 0 Å². The van der Waals surface area contributed by atoms with Crippen molar-refractivity contribution in [3.05, 3.63) is 76.5 Å². The van der Waals surface area contributed by atoms with E-state index in [9.17, 15) is 4.79 Å². The van der Waals surface area contributed by atoms with E-state index in [0.717, 1.165) is 4.47 Å². The van der Waals surface area contributed by atoms with Crippen LogP contribution >= 0.6 is 15.9 Å². The molecule has 3 rings (SSSR count). The van der Waals surface area contributed by atoms with Gasteiger partial charge in [-0.05, 0) is 40.2 Å². The van der Waals surface area contributed by atoms with Crippen LogP contribution in [0.25, 0.3) is 0 Å². The first-order valence-electron chi connectivity index (χ1n) is 7.31. The molecule has 0 unspecified atom stereocenters. The molecule has 0 saturated heterocycles. The standard InChI is InChI=1S/C18H12BrN5O/c19-14-6-2-4-8-16(14)23-17(25)13-10-21-18(22-11-13)24-15-7-3-1-5-12(15)9-20/h1-8,10-11H,(H,23,25)(H,21,22,24). The molecular formula is C18H12BrN5O. The van der Waals surface area contributed by atoms with Gasteiger partial charge in [-0.2, -0.15) is 5.26 Å². The maximum atomic E-state index is 12.3. The van der Waals surface area contributed by atoms with Gasteiger partial charge >= 0.3 is 0 Å². The summed E-state index contributed by atoms with van der Waals surface area (Å²) in [7, 11) is 0. The van der Waals surface area contributed by atoms with E-state index in [1.807, 2.05) is 24.3 Å². The van der Waals surface area contributed by atoms with Crippen LogP contribution < -0.4 is 10.6 Å². The molecule has 1 heterocycles. The van der Waals surface area contributed by atoms with Gasteiger partial charge in [0.25, 0.3) is 5.91 Å². The Morgan fingerprint density at radius 3 is 2.32 bits per heavy atom. The Hall–Kier alpha value is -3.24. The number of para-hydroxylation sites is 2. The molecule has 0 bridgehead atoms. The van der Waals surface area contributed by atoms with E-state index >= 15 is 0 Å². The van der Waals surface area contributed by atoms with Crippen molar-refractivity contribution in [3.8, 4) is 6.07 Å².